The van der Waals surface area contributed by atoms with Crippen LogP contribution in [-0.2, 0) is 28.6 Å². The number of carbonyl (C=O) groups is 3. The predicted octanol–water partition coefficient (Wildman–Crippen LogP) is 7.96. The fourth-order valence-electron chi connectivity index (χ4n) is 3.44. The van der Waals surface area contributed by atoms with Gasteiger partial charge in [-0.2, -0.15) is 26.3 Å². The summed E-state index contributed by atoms with van der Waals surface area (Å²) in [6, 6.07) is 0. The molecular formula is C27H42F8O6. The molecule has 0 saturated heterocycles. The Bertz CT molecular complexity index is 904. The number of esters is 3. The van der Waals surface area contributed by atoms with Crippen LogP contribution in [0.2, 0.25) is 0 Å². The van der Waals surface area contributed by atoms with E-state index in [0.717, 1.165) is 19.3 Å². The zero-order valence-corrected chi connectivity index (χ0v) is 25.0. The fourth-order valence-corrected chi connectivity index (χ4v) is 3.44. The molecule has 0 bridgehead atoms. The molecule has 1 saturated carbocycles. The third kappa shape index (κ3) is 9.17. The highest BCUT2D eigenvalue weighted by molar-refractivity contribution is 5.80. The molecule has 0 radical (unpaired) electrons. The second-order valence-corrected chi connectivity index (χ2v) is 12.4. The lowest BCUT2D eigenvalue weighted by Gasteiger charge is -2.42. The fraction of sp³-hybridized carbons (Fsp3) is 0.889. The molecular weight excluding hydrogens is 572 g/mol. The summed E-state index contributed by atoms with van der Waals surface area (Å²) in [6.45, 7) is 15.2. The first-order chi connectivity index (χ1) is 18.2. The largest absolute Gasteiger partial charge is 0.473 e. The van der Waals surface area contributed by atoms with E-state index in [4.69, 9.17) is 4.74 Å². The SMILES string of the molecule is CCC(C)(C)C(=O)OC1(C(C)(C)C)CCCC1.CCC(C)(C)C(=O)OCC(=O)OC(F)(F)C(F)(F)C(F)(F)C(F)F. The maximum atomic E-state index is 13.0. The van der Waals surface area contributed by atoms with Gasteiger partial charge in [-0.25, -0.2) is 13.6 Å². The molecule has 1 aliphatic rings. The van der Waals surface area contributed by atoms with E-state index in [2.05, 4.69) is 30.2 Å². The van der Waals surface area contributed by atoms with Crippen molar-refractivity contribution >= 4 is 17.9 Å². The normalized spacial score (nSPS) is 16.5. The van der Waals surface area contributed by atoms with Gasteiger partial charge in [0.15, 0.2) is 6.61 Å². The van der Waals surface area contributed by atoms with Gasteiger partial charge in [-0.1, -0.05) is 34.6 Å². The third-order valence-corrected chi connectivity index (χ3v) is 7.56. The van der Waals surface area contributed by atoms with Crippen molar-refractivity contribution in [1.82, 2.24) is 0 Å². The van der Waals surface area contributed by atoms with Crippen molar-refractivity contribution < 1.29 is 63.7 Å². The number of rotatable bonds is 11. The summed E-state index contributed by atoms with van der Waals surface area (Å²) >= 11 is 0. The van der Waals surface area contributed by atoms with Crippen LogP contribution in [0.5, 0.6) is 0 Å². The van der Waals surface area contributed by atoms with Gasteiger partial charge < -0.3 is 14.2 Å². The Morgan fingerprint density at radius 2 is 1.17 bits per heavy atom. The van der Waals surface area contributed by atoms with Crippen LogP contribution >= 0.6 is 0 Å². The lowest BCUT2D eigenvalue weighted by molar-refractivity contribution is -0.401. The van der Waals surface area contributed by atoms with E-state index in [1.54, 1.807) is 6.92 Å². The molecule has 1 rings (SSSR count). The van der Waals surface area contributed by atoms with E-state index in [-0.39, 0.29) is 28.8 Å². The Balaban J connectivity index is 0.000000825. The van der Waals surface area contributed by atoms with E-state index < -0.39 is 48.3 Å². The molecule has 0 atom stereocenters. The van der Waals surface area contributed by atoms with Crippen LogP contribution in [0.1, 0.15) is 101 Å². The summed E-state index contributed by atoms with van der Waals surface area (Å²) in [7, 11) is 0. The quantitative estimate of drug-likeness (QED) is 0.134. The molecule has 0 N–H and O–H groups in total. The number of hydrogen-bond donors (Lipinski definition) is 0. The van der Waals surface area contributed by atoms with E-state index in [1.165, 1.54) is 26.7 Å². The summed E-state index contributed by atoms with van der Waals surface area (Å²) in [5.74, 6) is -16.6. The summed E-state index contributed by atoms with van der Waals surface area (Å²) in [5, 5.41) is 0. The molecule has 1 aliphatic carbocycles. The third-order valence-electron chi connectivity index (χ3n) is 7.56. The Morgan fingerprint density at radius 3 is 1.54 bits per heavy atom. The number of ether oxygens (including phenoxy) is 3. The predicted molar refractivity (Wildman–Crippen MR) is 133 cm³/mol. The lowest BCUT2D eigenvalue weighted by atomic mass is 9.74. The van der Waals surface area contributed by atoms with Gasteiger partial charge >= 0.3 is 42.3 Å². The highest BCUT2D eigenvalue weighted by atomic mass is 19.4. The summed E-state index contributed by atoms with van der Waals surface area (Å²) in [5.41, 5.74) is -1.71. The van der Waals surface area contributed by atoms with Crippen molar-refractivity contribution in [1.29, 1.82) is 0 Å². The summed E-state index contributed by atoms with van der Waals surface area (Å²) < 4.78 is 113. The molecule has 41 heavy (non-hydrogen) atoms. The Kier molecular flexibility index (Phi) is 12.7. The number of hydrogen-bond acceptors (Lipinski definition) is 6. The van der Waals surface area contributed by atoms with Crippen LogP contribution in [0.25, 0.3) is 0 Å². The molecule has 0 heterocycles. The molecule has 14 heteroatoms. The van der Waals surface area contributed by atoms with Crippen molar-refractivity contribution in [2.45, 2.75) is 131 Å². The molecule has 0 unspecified atom stereocenters. The van der Waals surface area contributed by atoms with Gasteiger partial charge in [-0.05, 0) is 66.2 Å². The van der Waals surface area contributed by atoms with E-state index in [1.807, 2.05) is 20.8 Å². The zero-order valence-electron chi connectivity index (χ0n) is 25.0. The van der Waals surface area contributed by atoms with Crippen molar-refractivity contribution in [2.24, 2.45) is 16.2 Å². The lowest BCUT2D eigenvalue weighted by Crippen LogP contribution is -2.59. The van der Waals surface area contributed by atoms with Gasteiger partial charge in [0.25, 0.3) is 0 Å². The van der Waals surface area contributed by atoms with Crippen molar-refractivity contribution in [2.75, 3.05) is 6.61 Å². The van der Waals surface area contributed by atoms with Crippen LogP contribution in [0.15, 0.2) is 0 Å². The van der Waals surface area contributed by atoms with Crippen LogP contribution in [0, 0.1) is 16.2 Å². The van der Waals surface area contributed by atoms with Crippen molar-refractivity contribution in [3.63, 3.8) is 0 Å². The van der Waals surface area contributed by atoms with Gasteiger partial charge in [0.05, 0.1) is 10.8 Å². The Hall–Kier alpha value is -2.15. The first kappa shape index (κ1) is 38.9. The van der Waals surface area contributed by atoms with Crippen LogP contribution < -0.4 is 0 Å². The van der Waals surface area contributed by atoms with Crippen LogP contribution in [-0.4, -0.2) is 54.5 Å². The number of alkyl halides is 8. The van der Waals surface area contributed by atoms with Crippen LogP contribution in [0.4, 0.5) is 35.1 Å². The number of carbonyl (C=O) groups excluding carboxylic acids is 3. The average Bonchev–Trinajstić information content (AvgIpc) is 3.32. The minimum Gasteiger partial charge on any atom is -0.458 e. The second kappa shape index (κ2) is 13.4. The van der Waals surface area contributed by atoms with Gasteiger partial charge in [-0.3, -0.25) is 9.59 Å². The van der Waals surface area contributed by atoms with Gasteiger partial charge in [0.1, 0.15) is 5.60 Å². The van der Waals surface area contributed by atoms with Crippen LogP contribution in [0.3, 0.4) is 0 Å². The van der Waals surface area contributed by atoms with E-state index >= 15 is 0 Å². The average molecular weight is 615 g/mol. The summed E-state index contributed by atoms with van der Waals surface area (Å²) in [6.07, 6.45) is -5.98. The molecule has 0 spiro atoms. The molecule has 0 aromatic carbocycles. The molecule has 0 amide bonds. The Morgan fingerprint density at radius 1 is 0.756 bits per heavy atom. The van der Waals surface area contributed by atoms with Gasteiger partial charge in [0, 0.05) is 5.41 Å². The van der Waals surface area contributed by atoms with Crippen molar-refractivity contribution in [3.8, 4) is 0 Å². The monoisotopic (exact) mass is 614 g/mol. The molecule has 0 aromatic rings. The molecule has 242 valence electrons. The van der Waals surface area contributed by atoms with Crippen molar-refractivity contribution in [3.05, 3.63) is 0 Å². The second-order valence-electron chi connectivity index (χ2n) is 12.4. The van der Waals surface area contributed by atoms with Gasteiger partial charge in [0.2, 0.25) is 0 Å². The smallest absolute Gasteiger partial charge is 0.458 e. The maximum Gasteiger partial charge on any atom is 0.473 e. The molecule has 6 nitrogen and oxygen atoms in total. The molecule has 1 fully saturated rings. The maximum absolute atomic E-state index is 13.0. The molecule has 0 aromatic heterocycles. The topological polar surface area (TPSA) is 78.9 Å². The van der Waals surface area contributed by atoms with E-state index in [0.29, 0.717) is 0 Å². The minimum atomic E-state index is -6.68. The highest BCUT2D eigenvalue weighted by Crippen LogP contribution is 2.49. The zero-order chi connectivity index (χ0) is 32.9. The first-order valence-electron chi connectivity index (χ1n) is 13.2. The Labute approximate surface area is 235 Å². The number of halogens is 8. The first-order valence-corrected chi connectivity index (χ1v) is 13.2. The summed E-state index contributed by atoms with van der Waals surface area (Å²) in [4.78, 5) is 34.7. The minimum absolute atomic E-state index is 0.0307. The molecule has 0 aliphatic heterocycles. The van der Waals surface area contributed by atoms with E-state index in [9.17, 15) is 49.5 Å². The highest BCUT2D eigenvalue weighted by Gasteiger charge is 2.78. The standard InChI is InChI=1S/C15H28O2.C12H14F8O4/c1-7-14(5,6)12(16)17-15(13(2,3)4)10-8-9-11-15;1-4-9(2,3)8(22)23-5-6(21)24-12(19,20)11(17,18)10(15,16)7(13)14/h7-11H2,1-6H3;7H,4-5H2,1-3H3. The van der Waals surface area contributed by atoms with Gasteiger partial charge in [-0.15, -0.1) is 0 Å².